The van der Waals surface area contributed by atoms with Crippen molar-refractivity contribution < 1.29 is 13.2 Å². The largest absolute Gasteiger partial charge is 0.368 e. The van der Waals surface area contributed by atoms with E-state index in [-0.39, 0.29) is 23.3 Å². The van der Waals surface area contributed by atoms with E-state index in [1.807, 2.05) is 48.2 Å². The Hall–Kier alpha value is -3.16. The fourth-order valence-electron chi connectivity index (χ4n) is 5.43. The Bertz CT molecular complexity index is 1320. The number of sulfonamides is 1. The fourth-order valence-corrected chi connectivity index (χ4v) is 6.94. The molecule has 5 rings (SSSR count). The number of rotatable bonds is 5. The summed E-state index contributed by atoms with van der Waals surface area (Å²) in [5.74, 6) is -0.530. The van der Waals surface area contributed by atoms with Crippen LogP contribution in [0.4, 0.5) is 5.69 Å². The van der Waals surface area contributed by atoms with Gasteiger partial charge in [-0.15, -0.1) is 0 Å². The number of aryl methyl sites for hydroxylation is 2. The molecule has 0 saturated carbocycles. The van der Waals surface area contributed by atoms with Crippen LogP contribution in [0.15, 0.2) is 83.8 Å². The molecule has 2 fully saturated rings. The molecule has 188 valence electrons. The van der Waals surface area contributed by atoms with Crippen LogP contribution in [0.2, 0.25) is 0 Å². The second-order valence-electron chi connectivity index (χ2n) is 9.86. The second kappa shape index (κ2) is 10.1. The van der Waals surface area contributed by atoms with Gasteiger partial charge in [-0.25, -0.2) is 8.42 Å². The highest BCUT2D eigenvalue weighted by atomic mass is 32.2. The lowest BCUT2D eigenvalue weighted by molar-refractivity contribution is -0.135. The molecule has 2 unspecified atom stereocenters. The summed E-state index contributed by atoms with van der Waals surface area (Å²) in [5, 5.41) is 0. The standard InChI is InChI=1S/C29H33N3O3S/c1-22-12-14-24(15-13-22)26-20-32(36(34,35)25-9-4-3-5-10-25)21-27(26)29(33)31-18-16-30(17-19-31)28-11-7-6-8-23(28)2/h3-15,26-27H,16-21H2,1-2H3. The van der Waals surface area contributed by atoms with E-state index in [1.165, 1.54) is 15.6 Å². The van der Waals surface area contributed by atoms with Crippen molar-refractivity contribution >= 4 is 21.6 Å². The van der Waals surface area contributed by atoms with Gasteiger partial charge in [-0.3, -0.25) is 4.79 Å². The lowest BCUT2D eigenvalue weighted by atomic mass is 9.87. The Balaban J connectivity index is 1.37. The molecule has 0 spiro atoms. The molecule has 0 aliphatic carbocycles. The SMILES string of the molecule is Cc1ccc(C2CN(S(=O)(=O)c3ccccc3)CC2C(=O)N2CCN(c3ccccc3C)CC2)cc1. The molecule has 0 radical (unpaired) electrons. The molecular weight excluding hydrogens is 470 g/mol. The molecule has 36 heavy (non-hydrogen) atoms. The number of carbonyl (C=O) groups is 1. The Morgan fingerprint density at radius 1 is 0.778 bits per heavy atom. The number of piperazine rings is 1. The van der Waals surface area contributed by atoms with E-state index in [0.29, 0.717) is 19.6 Å². The van der Waals surface area contributed by atoms with Crippen LogP contribution in [0, 0.1) is 19.8 Å². The first kappa shape index (κ1) is 24.5. The number of carbonyl (C=O) groups excluding carboxylic acids is 1. The maximum absolute atomic E-state index is 13.9. The molecule has 2 aliphatic heterocycles. The molecule has 2 heterocycles. The van der Waals surface area contributed by atoms with E-state index in [1.54, 1.807) is 30.3 Å². The van der Waals surface area contributed by atoms with E-state index in [4.69, 9.17) is 0 Å². The third-order valence-corrected chi connectivity index (χ3v) is 9.38. The van der Waals surface area contributed by atoms with Gasteiger partial charge in [-0.05, 0) is 43.2 Å². The van der Waals surface area contributed by atoms with Crippen molar-refractivity contribution in [3.05, 3.63) is 95.6 Å². The molecule has 0 bridgehead atoms. The Morgan fingerprint density at radius 3 is 2.08 bits per heavy atom. The van der Waals surface area contributed by atoms with E-state index in [2.05, 4.69) is 24.0 Å². The van der Waals surface area contributed by atoms with Crippen LogP contribution >= 0.6 is 0 Å². The predicted molar refractivity (Wildman–Crippen MR) is 143 cm³/mol. The summed E-state index contributed by atoms with van der Waals surface area (Å²) in [7, 11) is -3.68. The van der Waals surface area contributed by atoms with Gasteiger partial charge in [0, 0.05) is 50.9 Å². The maximum Gasteiger partial charge on any atom is 0.243 e. The van der Waals surface area contributed by atoms with Crippen molar-refractivity contribution in [1.82, 2.24) is 9.21 Å². The van der Waals surface area contributed by atoms with Crippen LogP contribution in [0.5, 0.6) is 0 Å². The summed E-state index contributed by atoms with van der Waals surface area (Å²) < 4.78 is 28.4. The summed E-state index contributed by atoms with van der Waals surface area (Å²) >= 11 is 0. The molecule has 2 aliphatic rings. The normalized spacial score (nSPS) is 21.1. The first-order chi connectivity index (χ1) is 17.3. The first-order valence-corrected chi connectivity index (χ1v) is 14.0. The van der Waals surface area contributed by atoms with Crippen molar-refractivity contribution in [2.45, 2.75) is 24.7 Å². The van der Waals surface area contributed by atoms with Gasteiger partial charge in [0.1, 0.15) is 0 Å². The molecule has 2 saturated heterocycles. The van der Waals surface area contributed by atoms with Crippen LogP contribution in [0.25, 0.3) is 0 Å². The Morgan fingerprint density at radius 2 is 1.42 bits per heavy atom. The fraction of sp³-hybridized carbons (Fsp3) is 0.345. The minimum atomic E-state index is -3.68. The van der Waals surface area contributed by atoms with Crippen molar-refractivity contribution in [2.75, 3.05) is 44.2 Å². The van der Waals surface area contributed by atoms with Crippen LogP contribution in [-0.2, 0) is 14.8 Å². The average Bonchev–Trinajstić information content (AvgIpc) is 3.36. The number of nitrogens with zero attached hydrogens (tertiary/aromatic N) is 3. The van der Waals surface area contributed by atoms with Crippen LogP contribution < -0.4 is 4.90 Å². The number of hydrogen-bond acceptors (Lipinski definition) is 4. The molecule has 0 aromatic heterocycles. The summed E-state index contributed by atoms with van der Waals surface area (Å²) in [6.07, 6.45) is 0. The number of amides is 1. The van der Waals surface area contributed by atoms with Crippen LogP contribution in [0.1, 0.15) is 22.6 Å². The average molecular weight is 504 g/mol. The van der Waals surface area contributed by atoms with Gasteiger partial charge in [-0.2, -0.15) is 4.31 Å². The van der Waals surface area contributed by atoms with Gasteiger partial charge in [-0.1, -0.05) is 66.2 Å². The quantitative estimate of drug-likeness (QED) is 0.527. The number of para-hydroxylation sites is 1. The number of benzene rings is 3. The molecule has 2 atom stereocenters. The van der Waals surface area contributed by atoms with Gasteiger partial charge in [0.15, 0.2) is 0 Å². The Kier molecular flexibility index (Phi) is 6.86. The highest BCUT2D eigenvalue weighted by Gasteiger charge is 2.45. The third-order valence-electron chi connectivity index (χ3n) is 7.54. The lowest BCUT2D eigenvalue weighted by Crippen LogP contribution is -2.51. The summed E-state index contributed by atoms with van der Waals surface area (Å²) in [6, 6.07) is 25.0. The summed E-state index contributed by atoms with van der Waals surface area (Å²) in [4.78, 5) is 18.4. The highest BCUT2D eigenvalue weighted by Crippen LogP contribution is 2.37. The smallest absolute Gasteiger partial charge is 0.243 e. The molecule has 7 heteroatoms. The second-order valence-corrected chi connectivity index (χ2v) is 11.8. The van der Waals surface area contributed by atoms with Gasteiger partial charge in [0.2, 0.25) is 15.9 Å². The number of hydrogen-bond donors (Lipinski definition) is 0. The molecule has 3 aromatic carbocycles. The van der Waals surface area contributed by atoms with E-state index in [9.17, 15) is 13.2 Å². The van der Waals surface area contributed by atoms with Crippen molar-refractivity contribution in [3.63, 3.8) is 0 Å². The van der Waals surface area contributed by atoms with Gasteiger partial charge >= 0.3 is 0 Å². The lowest BCUT2D eigenvalue weighted by Gasteiger charge is -2.38. The van der Waals surface area contributed by atoms with Crippen LogP contribution in [-0.4, -0.2) is 62.8 Å². The van der Waals surface area contributed by atoms with Gasteiger partial charge in [0.05, 0.1) is 10.8 Å². The molecule has 3 aromatic rings. The third kappa shape index (κ3) is 4.77. The van der Waals surface area contributed by atoms with E-state index < -0.39 is 15.9 Å². The van der Waals surface area contributed by atoms with Crippen molar-refractivity contribution in [2.24, 2.45) is 5.92 Å². The van der Waals surface area contributed by atoms with Crippen LogP contribution in [0.3, 0.4) is 0 Å². The summed E-state index contributed by atoms with van der Waals surface area (Å²) in [6.45, 7) is 7.45. The monoisotopic (exact) mass is 503 g/mol. The van der Waals surface area contributed by atoms with E-state index >= 15 is 0 Å². The van der Waals surface area contributed by atoms with Gasteiger partial charge in [0.25, 0.3) is 0 Å². The predicted octanol–water partition coefficient (Wildman–Crippen LogP) is 4.06. The zero-order valence-electron chi connectivity index (χ0n) is 20.9. The van der Waals surface area contributed by atoms with Crippen molar-refractivity contribution in [1.29, 1.82) is 0 Å². The van der Waals surface area contributed by atoms with Gasteiger partial charge < -0.3 is 9.80 Å². The highest BCUT2D eigenvalue weighted by molar-refractivity contribution is 7.89. The zero-order chi connectivity index (χ0) is 25.3. The minimum absolute atomic E-state index is 0.0516. The number of anilines is 1. The zero-order valence-corrected chi connectivity index (χ0v) is 21.7. The molecule has 0 N–H and O–H groups in total. The topological polar surface area (TPSA) is 60.9 Å². The Labute approximate surface area is 214 Å². The van der Waals surface area contributed by atoms with E-state index in [0.717, 1.165) is 24.2 Å². The van der Waals surface area contributed by atoms with Crippen molar-refractivity contribution in [3.8, 4) is 0 Å². The summed E-state index contributed by atoms with van der Waals surface area (Å²) in [5.41, 5.74) is 4.60. The molecule has 1 amide bonds. The molecular formula is C29H33N3O3S. The maximum atomic E-state index is 13.9. The minimum Gasteiger partial charge on any atom is -0.368 e. The first-order valence-electron chi connectivity index (χ1n) is 12.6. The molecule has 6 nitrogen and oxygen atoms in total.